The number of carbonyl (C=O) groups excluding carboxylic acids is 1. The van der Waals surface area contributed by atoms with Crippen LogP contribution in [0, 0.1) is 0 Å². The second-order valence-corrected chi connectivity index (χ2v) is 12.7. The lowest BCUT2D eigenvalue weighted by Crippen LogP contribution is -2.34. The van der Waals surface area contributed by atoms with Crippen molar-refractivity contribution in [1.29, 1.82) is 0 Å². The van der Waals surface area contributed by atoms with Gasteiger partial charge in [0.15, 0.2) is 5.75 Å². The molecule has 0 saturated carbocycles. The summed E-state index contributed by atoms with van der Waals surface area (Å²) in [4.78, 5) is 13.8. The number of phenols is 1. The maximum Gasteiger partial charge on any atom is 0.272 e. The van der Waals surface area contributed by atoms with Gasteiger partial charge in [-0.1, -0.05) is 61.9 Å². The molecule has 42 heavy (non-hydrogen) atoms. The summed E-state index contributed by atoms with van der Waals surface area (Å²) in [7, 11) is 1.80. The molecule has 0 aliphatic heterocycles. The number of nitrogens with zero attached hydrogens (tertiary/aromatic N) is 1. The van der Waals surface area contributed by atoms with Crippen molar-refractivity contribution in [2.24, 2.45) is 0 Å². The molecule has 0 bridgehead atoms. The molecule has 0 aromatic heterocycles. The minimum absolute atomic E-state index is 0.0173. The number of hydrogen-bond donors (Lipinski definition) is 1. The van der Waals surface area contributed by atoms with Crippen LogP contribution < -0.4 is 4.74 Å². The summed E-state index contributed by atoms with van der Waals surface area (Å²) in [6, 6.07) is 24.7. The number of fused-ring (bicyclic) bond motifs is 1. The van der Waals surface area contributed by atoms with Gasteiger partial charge in [-0.3, -0.25) is 4.79 Å². The number of benzene rings is 3. The molecule has 224 valence electrons. The maximum atomic E-state index is 12.3. The van der Waals surface area contributed by atoms with Crippen molar-refractivity contribution in [3.05, 3.63) is 95.1 Å². The highest BCUT2D eigenvalue weighted by molar-refractivity contribution is 7.92. The summed E-state index contributed by atoms with van der Waals surface area (Å²) >= 11 is -1.09. The molecule has 1 amide bonds. The standard InChI is InChI=1S/C36H45NO4S/c1-3-4-23-37(2)35(39)27-42(40)25-11-6-5-10-24-41-32-20-17-29(18-21-32)36-33(28-13-8-7-9-14-28)16-12-15-30-26-31(38)19-22-34(30)36/h7-9,13-14,17-22,26,38H,3-6,10-12,15-16,23-25,27H2,1-2H3. The van der Waals surface area contributed by atoms with Gasteiger partial charge in [0.05, 0.1) is 6.61 Å². The van der Waals surface area contributed by atoms with E-state index in [1.54, 1.807) is 18.0 Å². The van der Waals surface area contributed by atoms with Gasteiger partial charge in [-0.15, -0.1) is 0 Å². The largest absolute Gasteiger partial charge is 0.616 e. The maximum absolute atomic E-state index is 12.3. The Hall–Kier alpha value is -3.22. The number of amides is 1. The first kappa shape index (κ1) is 31.7. The molecule has 6 heteroatoms. The van der Waals surface area contributed by atoms with Crippen LogP contribution in [0.4, 0.5) is 0 Å². The minimum Gasteiger partial charge on any atom is -0.616 e. The van der Waals surface area contributed by atoms with Crippen LogP contribution in [0.1, 0.15) is 80.5 Å². The van der Waals surface area contributed by atoms with Gasteiger partial charge in [0.2, 0.25) is 0 Å². The molecule has 0 saturated heterocycles. The van der Waals surface area contributed by atoms with E-state index in [0.29, 0.717) is 18.1 Å². The van der Waals surface area contributed by atoms with Crippen LogP contribution in [0.3, 0.4) is 0 Å². The van der Waals surface area contributed by atoms with Gasteiger partial charge in [-0.2, -0.15) is 0 Å². The third-order valence-corrected chi connectivity index (χ3v) is 9.20. The molecular weight excluding hydrogens is 542 g/mol. The first-order chi connectivity index (χ1) is 20.5. The highest BCUT2D eigenvalue weighted by Gasteiger charge is 2.21. The summed E-state index contributed by atoms with van der Waals surface area (Å²) in [5.41, 5.74) is 7.33. The summed E-state index contributed by atoms with van der Waals surface area (Å²) < 4.78 is 18.3. The highest BCUT2D eigenvalue weighted by Crippen LogP contribution is 2.41. The van der Waals surface area contributed by atoms with Crippen molar-refractivity contribution >= 4 is 28.2 Å². The molecule has 0 heterocycles. The zero-order valence-corrected chi connectivity index (χ0v) is 26.0. The average molecular weight is 588 g/mol. The van der Waals surface area contributed by atoms with Gasteiger partial charge in [-0.05, 0) is 120 Å². The van der Waals surface area contributed by atoms with Gasteiger partial charge >= 0.3 is 0 Å². The van der Waals surface area contributed by atoms with E-state index in [2.05, 4.69) is 55.5 Å². The fourth-order valence-corrected chi connectivity index (χ4v) is 6.66. The Morgan fingerprint density at radius 2 is 1.69 bits per heavy atom. The van der Waals surface area contributed by atoms with Gasteiger partial charge in [0.1, 0.15) is 17.3 Å². The SMILES string of the molecule is CCCCN(C)C(=O)C[S+]([O-])CCCCCCOc1ccc(C2=C(c3ccccc3)CCCc3cc(O)ccc32)cc1. The Bertz CT molecular complexity index is 1310. The van der Waals surface area contributed by atoms with E-state index in [4.69, 9.17) is 4.74 Å². The predicted molar refractivity (Wildman–Crippen MR) is 174 cm³/mol. The van der Waals surface area contributed by atoms with Gasteiger partial charge in [0.25, 0.3) is 5.91 Å². The van der Waals surface area contributed by atoms with Crippen molar-refractivity contribution in [3.63, 3.8) is 0 Å². The number of rotatable bonds is 15. The molecule has 1 N–H and O–H groups in total. The molecule has 0 fully saturated rings. The molecule has 4 rings (SSSR count). The Morgan fingerprint density at radius 3 is 2.45 bits per heavy atom. The second-order valence-electron chi connectivity index (χ2n) is 11.2. The lowest BCUT2D eigenvalue weighted by molar-refractivity contribution is -0.127. The van der Waals surface area contributed by atoms with Gasteiger partial charge < -0.3 is 19.3 Å². The van der Waals surface area contributed by atoms with E-state index in [-0.39, 0.29) is 11.7 Å². The van der Waals surface area contributed by atoms with E-state index in [0.717, 1.165) is 75.6 Å². The highest BCUT2D eigenvalue weighted by atomic mass is 32.2. The third-order valence-electron chi connectivity index (χ3n) is 7.89. The van der Waals surface area contributed by atoms with E-state index < -0.39 is 11.2 Å². The van der Waals surface area contributed by atoms with Crippen LogP contribution >= 0.6 is 0 Å². The zero-order chi connectivity index (χ0) is 29.7. The normalized spacial score (nSPS) is 13.8. The van der Waals surface area contributed by atoms with Gasteiger partial charge in [-0.25, -0.2) is 0 Å². The van der Waals surface area contributed by atoms with E-state index >= 15 is 0 Å². The number of ether oxygens (including phenoxy) is 1. The van der Waals surface area contributed by atoms with E-state index in [1.807, 2.05) is 18.2 Å². The third kappa shape index (κ3) is 9.14. The van der Waals surface area contributed by atoms with Crippen LogP contribution in [0.15, 0.2) is 72.8 Å². The number of hydrogen-bond acceptors (Lipinski definition) is 4. The Labute approximate surface area is 254 Å². The fourth-order valence-electron chi connectivity index (χ4n) is 5.50. The van der Waals surface area contributed by atoms with Crippen LogP contribution in [0.25, 0.3) is 11.1 Å². The second kappa shape index (κ2) is 16.4. The van der Waals surface area contributed by atoms with Crippen molar-refractivity contribution in [3.8, 4) is 11.5 Å². The molecule has 1 atom stereocenters. The molecular formula is C36H45NO4S. The predicted octanol–water partition coefficient (Wildman–Crippen LogP) is 7.63. The average Bonchev–Trinajstić information content (AvgIpc) is 3.19. The van der Waals surface area contributed by atoms with Gasteiger partial charge in [0, 0.05) is 13.6 Å². The summed E-state index contributed by atoms with van der Waals surface area (Å²) in [6.45, 7) is 3.48. The number of carbonyl (C=O) groups is 1. The number of phenolic OH excluding ortho intramolecular Hbond substituents is 1. The molecule has 3 aromatic rings. The van der Waals surface area contributed by atoms with Crippen LogP contribution in [0.5, 0.6) is 11.5 Å². The molecule has 0 radical (unpaired) electrons. The first-order valence-corrected chi connectivity index (χ1v) is 16.9. The Morgan fingerprint density at radius 1 is 0.929 bits per heavy atom. The van der Waals surface area contributed by atoms with E-state index in [9.17, 15) is 14.5 Å². The molecule has 0 spiro atoms. The van der Waals surface area contributed by atoms with Crippen molar-refractivity contribution in [2.75, 3.05) is 31.7 Å². The Kier molecular flexibility index (Phi) is 12.4. The smallest absolute Gasteiger partial charge is 0.272 e. The topological polar surface area (TPSA) is 72.8 Å². The van der Waals surface area contributed by atoms with Crippen LogP contribution in [-0.4, -0.2) is 52.2 Å². The molecule has 5 nitrogen and oxygen atoms in total. The lowest BCUT2D eigenvalue weighted by atomic mass is 9.88. The first-order valence-electron chi connectivity index (χ1n) is 15.4. The van der Waals surface area contributed by atoms with E-state index in [1.165, 1.54) is 27.8 Å². The number of allylic oxidation sites excluding steroid dienone is 1. The summed E-state index contributed by atoms with van der Waals surface area (Å²) in [5, 5.41) is 10.1. The quantitative estimate of drug-likeness (QED) is 0.147. The minimum atomic E-state index is -1.09. The van der Waals surface area contributed by atoms with Crippen LogP contribution in [-0.2, 0) is 22.4 Å². The zero-order valence-electron chi connectivity index (χ0n) is 25.1. The fraction of sp³-hybridized carbons (Fsp3) is 0.417. The molecule has 1 unspecified atom stereocenters. The van der Waals surface area contributed by atoms with Crippen LogP contribution in [0.2, 0.25) is 0 Å². The van der Waals surface area contributed by atoms with Crippen molar-refractivity contribution in [1.82, 2.24) is 4.90 Å². The monoisotopic (exact) mass is 587 g/mol. The number of aromatic hydroxyl groups is 1. The molecule has 3 aromatic carbocycles. The number of aryl methyl sites for hydroxylation is 1. The molecule has 1 aliphatic rings. The van der Waals surface area contributed by atoms with Crippen molar-refractivity contribution in [2.45, 2.75) is 64.7 Å². The van der Waals surface area contributed by atoms with Crippen molar-refractivity contribution < 1.29 is 19.2 Å². The number of unbranched alkanes of at least 4 members (excludes halogenated alkanes) is 4. The summed E-state index contributed by atoms with van der Waals surface area (Å²) in [5.74, 6) is 1.87. The molecule has 1 aliphatic carbocycles. The lowest BCUT2D eigenvalue weighted by Gasteiger charge is -2.18. The summed E-state index contributed by atoms with van der Waals surface area (Å²) in [6.07, 6.45) is 8.78. The Balaban J connectivity index is 1.28.